The Hall–Kier alpha value is -3.37. The van der Waals surface area contributed by atoms with Crippen molar-refractivity contribution in [2.45, 2.75) is 16.3 Å². The molecule has 154 valence electrons. The monoisotopic (exact) mass is 429 g/mol. The Morgan fingerprint density at radius 1 is 1.20 bits per heavy atom. The summed E-state index contributed by atoms with van der Waals surface area (Å²) in [6, 6.07) is 10.7. The lowest BCUT2D eigenvalue weighted by atomic mass is 10.3. The van der Waals surface area contributed by atoms with Crippen LogP contribution in [-0.2, 0) is 21.1 Å². The highest BCUT2D eigenvalue weighted by molar-refractivity contribution is 7.91. The van der Waals surface area contributed by atoms with Gasteiger partial charge in [0, 0.05) is 13.3 Å². The van der Waals surface area contributed by atoms with Crippen molar-refractivity contribution in [3.8, 4) is 0 Å². The van der Waals surface area contributed by atoms with Crippen molar-refractivity contribution in [1.82, 2.24) is 9.38 Å². The molecule has 0 radical (unpaired) electrons. The van der Waals surface area contributed by atoms with Gasteiger partial charge in [0.15, 0.2) is 0 Å². The number of nitrogen functional groups attached to an aromatic ring is 1. The number of methoxy groups -OCH3 is 1. The van der Waals surface area contributed by atoms with E-state index in [4.69, 9.17) is 10.5 Å². The van der Waals surface area contributed by atoms with E-state index in [1.54, 1.807) is 24.4 Å². The molecule has 0 fully saturated rings. The van der Waals surface area contributed by atoms with Gasteiger partial charge in [0.25, 0.3) is 11.2 Å². The van der Waals surface area contributed by atoms with Crippen LogP contribution in [-0.4, -0.2) is 31.5 Å². The molecule has 3 heterocycles. The number of pyridine rings is 2. The number of rotatable bonds is 5. The number of ether oxygens (including phenoxy) is 1. The molecule has 0 unspecified atom stereocenters. The van der Waals surface area contributed by atoms with Gasteiger partial charge in [-0.05, 0) is 42.5 Å². The van der Waals surface area contributed by atoms with Crippen LogP contribution in [0, 0.1) is 5.82 Å². The Bertz CT molecular complexity index is 1430. The normalized spacial score (nSPS) is 11.9. The zero-order chi connectivity index (χ0) is 21.5. The fourth-order valence-electron chi connectivity index (χ4n) is 3.24. The molecule has 1 aromatic carbocycles. The van der Waals surface area contributed by atoms with Crippen molar-refractivity contribution < 1.29 is 22.1 Å². The van der Waals surface area contributed by atoms with Crippen molar-refractivity contribution in [3.63, 3.8) is 0 Å². The van der Waals surface area contributed by atoms with Gasteiger partial charge in [0.1, 0.15) is 16.1 Å². The molecule has 4 rings (SSSR count). The first-order valence-electron chi connectivity index (χ1n) is 8.97. The van der Waals surface area contributed by atoms with Crippen molar-refractivity contribution in [3.05, 3.63) is 70.9 Å². The molecule has 0 aliphatic carbocycles. The molecule has 0 atom stereocenters. The number of hydrogen-bond donors (Lipinski definition) is 1. The summed E-state index contributed by atoms with van der Waals surface area (Å²) < 4.78 is 47.6. The van der Waals surface area contributed by atoms with Gasteiger partial charge < -0.3 is 10.5 Å². The van der Waals surface area contributed by atoms with E-state index in [9.17, 15) is 17.6 Å². The molecule has 0 saturated carbocycles. The Morgan fingerprint density at radius 2 is 1.93 bits per heavy atom. The molecule has 8 nitrogen and oxygen atoms in total. The van der Waals surface area contributed by atoms with E-state index in [0.29, 0.717) is 5.65 Å². The molecule has 0 amide bonds. The highest BCUT2D eigenvalue weighted by Crippen LogP contribution is 2.26. The molecule has 10 heteroatoms. The number of fused-ring (bicyclic) bond motifs is 2. The lowest BCUT2D eigenvalue weighted by Crippen LogP contribution is -2.43. The van der Waals surface area contributed by atoms with E-state index in [-0.39, 0.29) is 39.8 Å². The van der Waals surface area contributed by atoms with Crippen molar-refractivity contribution in [1.29, 1.82) is 0 Å². The van der Waals surface area contributed by atoms with E-state index in [0.717, 1.165) is 24.3 Å². The lowest BCUT2D eigenvalue weighted by Gasteiger charge is -2.12. The fraction of sp³-hybridized carbons (Fsp3) is 0.150. The van der Waals surface area contributed by atoms with E-state index in [1.807, 2.05) is 0 Å². The van der Waals surface area contributed by atoms with Crippen LogP contribution >= 0.6 is 0 Å². The zero-order valence-corrected chi connectivity index (χ0v) is 16.8. The number of sulfone groups is 1. The molecule has 0 aliphatic heterocycles. The number of nitrogens with two attached hydrogens (primary N) is 1. The molecule has 0 saturated heterocycles. The van der Waals surface area contributed by atoms with Gasteiger partial charge in [-0.3, -0.25) is 9.20 Å². The summed E-state index contributed by atoms with van der Waals surface area (Å²) in [7, 11) is -2.63. The summed E-state index contributed by atoms with van der Waals surface area (Å²) in [5.74, 6) is -0.652. The average molecular weight is 429 g/mol. The summed E-state index contributed by atoms with van der Waals surface area (Å²) in [5, 5.41) is 0.0877. The second kappa shape index (κ2) is 7.47. The second-order valence-electron chi connectivity index (χ2n) is 6.58. The van der Waals surface area contributed by atoms with Gasteiger partial charge in [0.05, 0.1) is 18.0 Å². The molecule has 0 aliphatic rings. The number of anilines is 1. The second-order valence-corrected chi connectivity index (χ2v) is 8.50. The first kappa shape index (κ1) is 19.9. The van der Waals surface area contributed by atoms with Crippen molar-refractivity contribution in [2.75, 3.05) is 19.5 Å². The third kappa shape index (κ3) is 3.19. The minimum Gasteiger partial charge on any atom is -0.381 e. The number of aromatic nitrogens is 3. The molecule has 3 aromatic heterocycles. The van der Waals surface area contributed by atoms with E-state index in [2.05, 4.69) is 4.98 Å². The minimum absolute atomic E-state index is 0.0870. The molecule has 0 bridgehead atoms. The van der Waals surface area contributed by atoms with Crippen LogP contribution in [0.5, 0.6) is 0 Å². The predicted octanol–water partition coefficient (Wildman–Crippen LogP) is 1.34. The maximum absolute atomic E-state index is 13.3. The Kier molecular flexibility index (Phi) is 4.96. The van der Waals surface area contributed by atoms with Crippen molar-refractivity contribution >= 4 is 32.3 Å². The fourth-order valence-corrected chi connectivity index (χ4v) is 4.65. The highest BCUT2D eigenvalue weighted by atomic mass is 32.2. The van der Waals surface area contributed by atoms with Gasteiger partial charge in [-0.2, -0.15) is 0 Å². The molecule has 4 aromatic rings. The molecule has 30 heavy (non-hydrogen) atoms. The van der Waals surface area contributed by atoms with E-state index < -0.39 is 21.2 Å². The first-order chi connectivity index (χ1) is 14.3. The summed E-state index contributed by atoms with van der Waals surface area (Å²) in [4.78, 5) is 17.2. The SMILES string of the molecule is COCC[n+]1c(N)c(S(=O)(=O)c2ccc(F)cc2)cc2c(=O)n3ccccc3nc21. The van der Waals surface area contributed by atoms with Gasteiger partial charge in [-0.1, -0.05) is 11.1 Å². The molecular weight excluding hydrogens is 411 g/mol. The topological polar surface area (TPSA) is 108 Å². The van der Waals surface area contributed by atoms with Crippen LogP contribution in [0.2, 0.25) is 0 Å². The summed E-state index contributed by atoms with van der Waals surface area (Å²) in [5.41, 5.74) is 6.46. The Morgan fingerprint density at radius 3 is 2.63 bits per heavy atom. The lowest BCUT2D eigenvalue weighted by molar-refractivity contribution is -0.662. The summed E-state index contributed by atoms with van der Waals surface area (Å²) in [6.07, 6.45) is 1.55. The molecule has 0 spiro atoms. The van der Waals surface area contributed by atoms with Gasteiger partial charge in [-0.25, -0.2) is 17.4 Å². The van der Waals surface area contributed by atoms with Gasteiger partial charge in [0.2, 0.25) is 21.3 Å². The Labute approximate surface area is 170 Å². The van der Waals surface area contributed by atoms with E-state index >= 15 is 0 Å². The number of halogens is 1. The first-order valence-corrected chi connectivity index (χ1v) is 10.5. The summed E-state index contributed by atoms with van der Waals surface area (Å²) in [6.45, 7) is 0.404. The third-order valence-corrected chi connectivity index (χ3v) is 6.55. The van der Waals surface area contributed by atoms with Gasteiger partial charge in [-0.15, -0.1) is 0 Å². The molecule has 2 N–H and O–H groups in total. The highest BCUT2D eigenvalue weighted by Gasteiger charge is 2.29. The van der Waals surface area contributed by atoms with Crippen LogP contribution in [0.1, 0.15) is 0 Å². The maximum Gasteiger partial charge on any atom is 0.278 e. The maximum atomic E-state index is 13.3. The smallest absolute Gasteiger partial charge is 0.278 e. The van der Waals surface area contributed by atoms with Crippen LogP contribution in [0.4, 0.5) is 10.2 Å². The zero-order valence-electron chi connectivity index (χ0n) is 15.9. The average Bonchev–Trinajstić information content (AvgIpc) is 2.73. The number of nitrogens with zero attached hydrogens (tertiary/aromatic N) is 3. The standard InChI is InChI=1S/C20H17FN4O4S/c1-29-11-10-25-18(22)16(30(27,28)14-7-5-13(21)6-8-14)12-15-19(25)23-17-4-2-3-9-24(17)20(15)26/h2-9,12,22H,10-11H2,1H3/p+1. The van der Waals surface area contributed by atoms with Gasteiger partial charge >= 0.3 is 0 Å². The Balaban J connectivity index is 2.09. The van der Waals surface area contributed by atoms with E-state index in [1.165, 1.54) is 22.1 Å². The minimum atomic E-state index is -4.12. The number of benzene rings is 1. The quantitative estimate of drug-likeness (QED) is 0.291. The molecular formula is C20H18FN4O4S+. The van der Waals surface area contributed by atoms with Crippen molar-refractivity contribution in [2.24, 2.45) is 0 Å². The number of hydrogen-bond acceptors (Lipinski definition) is 6. The largest absolute Gasteiger partial charge is 0.381 e. The van der Waals surface area contributed by atoms with Crippen LogP contribution in [0.15, 0.2) is 69.3 Å². The van der Waals surface area contributed by atoms with Crippen LogP contribution in [0.25, 0.3) is 16.7 Å². The van der Waals surface area contributed by atoms with Crippen LogP contribution in [0.3, 0.4) is 0 Å². The predicted molar refractivity (Wildman–Crippen MR) is 107 cm³/mol. The summed E-state index contributed by atoms with van der Waals surface area (Å²) >= 11 is 0. The third-order valence-electron chi connectivity index (χ3n) is 4.76. The van der Waals surface area contributed by atoms with Crippen LogP contribution < -0.4 is 15.9 Å².